The summed E-state index contributed by atoms with van der Waals surface area (Å²) in [5.41, 5.74) is 12.4. The maximum Gasteiger partial charge on any atom is 0.394 e. The van der Waals surface area contributed by atoms with Gasteiger partial charge in [-0.2, -0.15) is 8.42 Å². The van der Waals surface area contributed by atoms with Gasteiger partial charge < -0.3 is 21.3 Å². The topological polar surface area (TPSA) is 181 Å². The van der Waals surface area contributed by atoms with Crippen LogP contribution in [0.25, 0.3) is 0 Å². The summed E-state index contributed by atoms with van der Waals surface area (Å²) in [6.45, 7) is 0. The average molecular weight is 396 g/mol. The molecule has 0 aliphatic heterocycles. The Labute approximate surface area is 158 Å². The Hall–Kier alpha value is -3.15. The molecule has 0 aliphatic carbocycles. The van der Waals surface area contributed by atoms with E-state index in [1.807, 2.05) is 60.7 Å². The van der Waals surface area contributed by atoms with E-state index in [0.29, 0.717) is 0 Å². The van der Waals surface area contributed by atoms with Crippen molar-refractivity contribution in [2.75, 3.05) is 23.9 Å². The number of rotatable bonds is 2. The third-order valence-electron chi connectivity index (χ3n) is 3.01. The van der Waals surface area contributed by atoms with Crippen LogP contribution in [-0.4, -0.2) is 43.5 Å². The molecule has 0 fully saturated rings. The molecule has 10 nitrogen and oxygen atoms in total. The number of para-hydroxylation sites is 2. The van der Waals surface area contributed by atoms with E-state index in [1.165, 1.54) is 0 Å². The van der Waals surface area contributed by atoms with E-state index in [1.54, 1.807) is 23.9 Å². The van der Waals surface area contributed by atoms with Gasteiger partial charge in [-0.25, -0.2) is 0 Å². The van der Waals surface area contributed by atoms with Crippen LogP contribution in [0.3, 0.4) is 0 Å². The molecule has 0 bridgehead atoms. The van der Waals surface area contributed by atoms with Gasteiger partial charge in [0.05, 0.1) is 0 Å². The number of hydrogen-bond acceptors (Lipinski definition) is 4. The standard InChI is InChI=1S/2C8H11N3.H2O4S/c2*1-11(8(9)10)7-5-3-2-4-6-7;1-5(2,3)4/h2*2-6H,1H3,(H3,9,10);(H2,1,2,3,4). The Balaban J connectivity index is 0.000000405. The zero-order chi connectivity index (χ0) is 21.0. The van der Waals surface area contributed by atoms with Gasteiger partial charge in [-0.1, -0.05) is 36.4 Å². The first kappa shape index (κ1) is 23.9. The second-order valence-electron chi connectivity index (χ2n) is 5.01. The minimum atomic E-state index is -4.67. The van der Waals surface area contributed by atoms with E-state index in [4.69, 9.17) is 39.8 Å². The van der Waals surface area contributed by atoms with Crippen molar-refractivity contribution >= 4 is 33.7 Å². The highest BCUT2D eigenvalue weighted by Gasteiger charge is 2.00. The molecule has 27 heavy (non-hydrogen) atoms. The zero-order valence-electron chi connectivity index (χ0n) is 14.9. The Morgan fingerprint density at radius 1 is 0.778 bits per heavy atom. The first-order chi connectivity index (χ1) is 12.4. The van der Waals surface area contributed by atoms with Crippen molar-refractivity contribution < 1.29 is 17.5 Å². The Morgan fingerprint density at radius 2 is 1.00 bits per heavy atom. The third kappa shape index (κ3) is 11.9. The van der Waals surface area contributed by atoms with Gasteiger partial charge in [-0.05, 0) is 24.3 Å². The highest BCUT2D eigenvalue weighted by molar-refractivity contribution is 7.79. The third-order valence-corrected chi connectivity index (χ3v) is 3.01. The van der Waals surface area contributed by atoms with Crippen LogP contribution in [0.2, 0.25) is 0 Å². The molecule has 0 saturated heterocycles. The van der Waals surface area contributed by atoms with Gasteiger partial charge >= 0.3 is 10.4 Å². The van der Waals surface area contributed by atoms with Gasteiger partial charge in [-0.15, -0.1) is 0 Å². The summed E-state index contributed by atoms with van der Waals surface area (Å²) in [5, 5.41) is 14.3. The molecule has 0 amide bonds. The fourth-order valence-electron chi connectivity index (χ4n) is 1.58. The van der Waals surface area contributed by atoms with Crippen LogP contribution in [0.5, 0.6) is 0 Å². The fourth-order valence-corrected chi connectivity index (χ4v) is 1.58. The fraction of sp³-hybridized carbons (Fsp3) is 0.125. The minimum absolute atomic E-state index is 0.0520. The second kappa shape index (κ2) is 11.5. The lowest BCUT2D eigenvalue weighted by atomic mass is 10.3. The summed E-state index contributed by atoms with van der Waals surface area (Å²) >= 11 is 0. The molecule has 148 valence electrons. The summed E-state index contributed by atoms with van der Waals surface area (Å²) in [4.78, 5) is 3.22. The smallest absolute Gasteiger partial charge is 0.370 e. The van der Waals surface area contributed by atoms with Crippen LogP contribution in [0.1, 0.15) is 0 Å². The highest BCUT2D eigenvalue weighted by Crippen LogP contribution is 2.10. The van der Waals surface area contributed by atoms with Gasteiger partial charge in [0, 0.05) is 25.5 Å². The number of hydrogen-bond donors (Lipinski definition) is 6. The number of nitrogens with two attached hydrogens (primary N) is 2. The molecule has 0 heterocycles. The quantitative estimate of drug-likeness (QED) is 0.250. The number of nitrogens with zero attached hydrogens (tertiary/aromatic N) is 2. The molecule has 0 unspecified atom stereocenters. The molecule has 0 aliphatic rings. The molecule has 2 aromatic carbocycles. The van der Waals surface area contributed by atoms with E-state index < -0.39 is 10.4 Å². The van der Waals surface area contributed by atoms with Crippen LogP contribution >= 0.6 is 0 Å². The lowest BCUT2D eigenvalue weighted by Crippen LogP contribution is -2.32. The van der Waals surface area contributed by atoms with Crippen molar-refractivity contribution in [1.82, 2.24) is 0 Å². The van der Waals surface area contributed by atoms with Crippen LogP contribution in [0.15, 0.2) is 60.7 Å². The average Bonchev–Trinajstić information content (AvgIpc) is 2.61. The Bertz CT molecular complexity index is 752. The van der Waals surface area contributed by atoms with Crippen molar-refractivity contribution in [3.8, 4) is 0 Å². The lowest BCUT2D eigenvalue weighted by molar-refractivity contribution is 0.381. The molecule has 2 rings (SSSR count). The van der Waals surface area contributed by atoms with Crippen molar-refractivity contribution in [2.24, 2.45) is 11.5 Å². The monoisotopic (exact) mass is 396 g/mol. The van der Waals surface area contributed by atoms with E-state index in [9.17, 15) is 0 Å². The van der Waals surface area contributed by atoms with Gasteiger partial charge in [0.25, 0.3) is 0 Å². The Kier molecular flexibility index (Phi) is 10.1. The van der Waals surface area contributed by atoms with Crippen LogP contribution < -0.4 is 21.3 Å². The van der Waals surface area contributed by atoms with E-state index in [-0.39, 0.29) is 11.9 Å². The molecule has 2 aromatic rings. The van der Waals surface area contributed by atoms with Gasteiger partial charge in [0.2, 0.25) is 0 Å². The number of anilines is 2. The highest BCUT2D eigenvalue weighted by atomic mass is 32.3. The summed E-state index contributed by atoms with van der Waals surface area (Å²) in [6, 6.07) is 19.1. The van der Waals surface area contributed by atoms with E-state index in [0.717, 1.165) is 11.4 Å². The summed E-state index contributed by atoms with van der Waals surface area (Å²) < 4.78 is 31.6. The zero-order valence-corrected chi connectivity index (χ0v) is 15.8. The summed E-state index contributed by atoms with van der Waals surface area (Å²) in [6.07, 6.45) is 0. The maximum atomic E-state index is 8.74. The van der Waals surface area contributed by atoms with E-state index >= 15 is 0 Å². The normalized spacial score (nSPS) is 9.63. The predicted molar refractivity (Wildman–Crippen MR) is 108 cm³/mol. The predicted octanol–water partition coefficient (Wildman–Crippen LogP) is 1.38. The molecule has 0 spiro atoms. The minimum Gasteiger partial charge on any atom is -0.370 e. The molecule has 0 atom stereocenters. The Morgan fingerprint density at radius 3 is 1.19 bits per heavy atom. The molecule has 11 heteroatoms. The second-order valence-corrected chi connectivity index (χ2v) is 5.90. The lowest BCUT2D eigenvalue weighted by Gasteiger charge is -2.15. The summed E-state index contributed by atoms with van der Waals surface area (Å²) in [7, 11) is -1.14. The largest absolute Gasteiger partial charge is 0.394 e. The number of benzene rings is 2. The van der Waals surface area contributed by atoms with Gasteiger partial charge in [0.1, 0.15) is 0 Å². The van der Waals surface area contributed by atoms with Crippen molar-refractivity contribution in [3.05, 3.63) is 60.7 Å². The molecule has 0 aromatic heterocycles. The number of guanidine groups is 2. The first-order valence-corrected chi connectivity index (χ1v) is 8.78. The SMILES string of the molecule is CN(C(=N)N)c1ccccc1.CN(C(=N)N)c1ccccc1.O=S(=O)(O)O. The van der Waals surface area contributed by atoms with Crippen molar-refractivity contribution in [1.29, 1.82) is 10.8 Å². The van der Waals surface area contributed by atoms with Gasteiger partial charge in [0.15, 0.2) is 11.9 Å². The summed E-state index contributed by atoms with van der Waals surface area (Å²) in [5.74, 6) is 0.104. The van der Waals surface area contributed by atoms with Crippen LogP contribution in [0.4, 0.5) is 11.4 Å². The molecular weight excluding hydrogens is 372 g/mol. The van der Waals surface area contributed by atoms with E-state index in [2.05, 4.69) is 0 Å². The molecule has 0 radical (unpaired) electrons. The first-order valence-electron chi connectivity index (χ1n) is 7.39. The van der Waals surface area contributed by atoms with Crippen LogP contribution in [-0.2, 0) is 10.4 Å². The molecular formula is C16H24N6O4S. The van der Waals surface area contributed by atoms with Crippen molar-refractivity contribution in [2.45, 2.75) is 0 Å². The molecule has 0 saturated carbocycles. The van der Waals surface area contributed by atoms with Gasteiger partial charge in [-0.3, -0.25) is 19.9 Å². The molecule has 8 N–H and O–H groups in total. The number of nitrogens with one attached hydrogen (secondary N) is 2. The van der Waals surface area contributed by atoms with Crippen molar-refractivity contribution in [3.63, 3.8) is 0 Å². The van der Waals surface area contributed by atoms with Crippen LogP contribution in [0, 0.1) is 10.8 Å². The maximum absolute atomic E-state index is 8.74.